The van der Waals surface area contributed by atoms with E-state index in [1.165, 1.54) is 6.07 Å². The van der Waals surface area contributed by atoms with Crippen LogP contribution in [0.15, 0.2) is 12.1 Å². The maximum Gasteiger partial charge on any atom is 0.449 e. The largest absolute Gasteiger partial charge is 0.449 e. The number of hydrogen-bond acceptors (Lipinski definition) is 2. The lowest BCUT2D eigenvalue weighted by molar-refractivity contribution is -0.144. The minimum Gasteiger partial charge on any atom is -0.397 e. The summed E-state index contributed by atoms with van der Waals surface area (Å²) in [4.78, 5) is 5.05. The van der Waals surface area contributed by atoms with Crippen molar-refractivity contribution in [3.8, 4) is 0 Å². The van der Waals surface area contributed by atoms with Gasteiger partial charge in [-0.2, -0.15) is 13.2 Å². The van der Waals surface area contributed by atoms with Crippen molar-refractivity contribution >= 4 is 16.7 Å². The second-order valence-electron chi connectivity index (χ2n) is 2.94. The Bertz CT molecular complexity index is 475. The van der Waals surface area contributed by atoms with Crippen LogP contribution < -0.4 is 5.73 Å². The van der Waals surface area contributed by atoms with Gasteiger partial charge in [0.15, 0.2) is 5.82 Å². The quantitative estimate of drug-likeness (QED) is 0.527. The highest BCUT2D eigenvalue weighted by molar-refractivity contribution is 5.87. The molecule has 3 N–H and O–H groups in total. The van der Waals surface area contributed by atoms with Crippen molar-refractivity contribution in [3.05, 3.63) is 23.8 Å². The number of fused-ring (bicyclic) bond motifs is 1. The Hall–Kier alpha value is -1.79. The van der Waals surface area contributed by atoms with Crippen LogP contribution in [0.5, 0.6) is 0 Å². The number of alkyl halides is 3. The molecule has 0 bridgehead atoms. The summed E-state index contributed by atoms with van der Waals surface area (Å²) in [5, 5.41) is 0. The molecule has 0 saturated heterocycles. The van der Waals surface area contributed by atoms with Crippen LogP contribution in [0.4, 0.5) is 23.2 Å². The normalized spacial score (nSPS) is 12.3. The van der Waals surface area contributed by atoms with Crippen molar-refractivity contribution in [1.82, 2.24) is 9.97 Å². The van der Waals surface area contributed by atoms with Crippen LogP contribution in [-0.2, 0) is 6.18 Å². The van der Waals surface area contributed by atoms with Crippen molar-refractivity contribution in [2.24, 2.45) is 0 Å². The van der Waals surface area contributed by atoms with E-state index < -0.39 is 23.3 Å². The molecule has 2 rings (SSSR count). The number of aromatic nitrogens is 2. The predicted molar refractivity (Wildman–Crippen MR) is 45.5 cm³/mol. The van der Waals surface area contributed by atoms with Crippen LogP contribution >= 0.6 is 0 Å². The first-order valence-electron chi connectivity index (χ1n) is 3.90. The molecule has 0 atom stereocenters. The number of imidazole rings is 1. The molecule has 0 saturated carbocycles. The van der Waals surface area contributed by atoms with Crippen molar-refractivity contribution < 1.29 is 17.6 Å². The molecule has 0 fully saturated rings. The maximum absolute atomic E-state index is 13.1. The average molecular weight is 219 g/mol. The molecule has 0 unspecified atom stereocenters. The summed E-state index contributed by atoms with van der Waals surface area (Å²) in [7, 11) is 0. The van der Waals surface area contributed by atoms with Crippen LogP contribution in [0.1, 0.15) is 5.82 Å². The highest BCUT2D eigenvalue weighted by Gasteiger charge is 2.35. The zero-order valence-corrected chi connectivity index (χ0v) is 7.19. The molecular weight excluding hydrogens is 214 g/mol. The Morgan fingerprint density at radius 2 is 1.93 bits per heavy atom. The van der Waals surface area contributed by atoms with Gasteiger partial charge in [-0.05, 0) is 12.1 Å². The number of nitrogens with one attached hydrogen (secondary N) is 1. The molecule has 1 aromatic carbocycles. The molecule has 0 aliphatic rings. The van der Waals surface area contributed by atoms with Gasteiger partial charge < -0.3 is 10.7 Å². The molecule has 0 spiro atoms. The molecule has 2 aromatic rings. The lowest BCUT2D eigenvalue weighted by atomic mass is 10.2. The van der Waals surface area contributed by atoms with E-state index in [0.717, 1.165) is 6.07 Å². The van der Waals surface area contributed by atoms with Gasteiger partial charge in [-0.1, -0.05) is 0 Å². The standard InChI is InChI=1S/C8H5F4N3/c9-3-1-2-4(13)6-5(3)14-7(15-6)8(10,11)12/h1-2H,13H2,(H,14,15). The Kier molecular flexibility index (Phi) is 1.85. The summed E-state index contributed by atoms with van der Waals surface area (Å²) in [6.07, 6.45) is -4.64. The smallest absolute Gasteiger partial charge is 0.397 e. The van der Waals surface area contributed by atoms with Crippen molar-refractivity contribution in [2.45, 2.75) is 6.18 Å². The van der Waals surface area contributed by atoms with Crippen LogP contribution in [0.3, 0.4) is 0 Å². The van der Waals surface area contributed by atoms with Crippen LogP contribution in [0.25, 0.3) is 11.0 Å². The molecule has 0 amide bonds. The number of rotatable bonds is 0. The second-order valence-corrected chi connectivity index (χ2v) is 2.94. The molecule has 15 heavy (non-hydrogen) atoms. The van der Waals surface area contributed by atoms with Gasteiger partial charge in [-0.15, -0.1) is 0 Å². The highest BCUT2D eigenvalue weighted by atomic mass is 19.4. The fourth-order valence-electron chi connectivity index (χ4n) is 1.21. The van der Waals surface area contributed by atoms with Gasteiger partial charge in [0.1, 0.15) is 5.52 Å². The minimum atomic E-state index is -4.64. The van der Waals surface area contributed by atoms with Gasteiger partial charge in [0.2, 0.25) is 5.82 Å². The van der Waals surface area contributed by atoms with Crippen molar-refractivity contribution in [2.75, 3.05) is 5.73 Å². The topological polar surface area (TPSA) is 54.7 Å². The number of nitrogens with zero attached hydrogens (tertiary/aromatic N) is 1. The summed E-state index contributed by atoms with van der Waals surface area (Å²) in [6, 6.07) is 2.15. The summed E-state index contributed by atoms with van der Waals surface area (Å²) < 4.78 is 49.8. The maximum atomic E-state index is 13.1. The third kappa shape index (κ3) is 1.49. The van der Waals surface area contributed by atoms with E-state index in [1.807, 2.05) is 4.98 Å². The van der Waals surface area contributed by atoms with Gasteiger partial charge in [-0.25, -0.2) is 9.37 Å². The van der Waals surface area contributed by atoms with Crippen LogP contribution in [-0.4, -0.2) is 9.97 Å². The summed E-state index contributed by atoms with van der Waals surface area (Å²) in [5.41, 5.74) is 4.86. The fraction of sp³-hybridized carbons (Fsp3) is 0.125. The monoisotopic (exact) mass is 219 g/mol. The van der Waals surface area contributed by atoms with E-state index in [4.69, 9.17) is 5.73 Å². The lowest BCUT2D eigenvalue weighted by Gasteiger charge is -1.99. The third-order valence-electron chi connectivity index (χ3n) is 1.90. The molecule has 80 valence electrons. The Morgan fingerprint density at radius 1 is 1.27 bits per heavy atom. The third-order valence-corrected chi connectivity index (χ3v) is 1.90. The molecule has 0 aliphatic carbocycles. The van der Waals surface area contributed by atoms with E-state index in [1.54, 1.807) is 0 Å². The molecule has 7 heteroatoms. The van der Waals surface area contributed by atoms with Crippen molar-refractivity contribution in [3.63, 3.8) is 0 Å². The predicted octanol–water partition coefficient (Wildman–Crippen LogP) is 2.30. The first-order chi connectivity index (χ1) is 6.89. The van der Waals surface area contributed by atoms with Crippen molar-refractivity contribution in [1.29, 1.82) is 0 Å². The molecule has 1 aromatic heterocycles. The second kappa shape index (κ2) is 2.85. The Morgan fingerprint density at radius 3 is 2.47 bits per heavy atom. The molecule has 1 heterocycles. The number of aromatic amines is 1. The Balaban J connectivity index is 2.76. The molecule has 3 nitrogen and oxygen atoms in total. The first-order valence-corrected chi connectivity index (χ1v) is 3.90. The zero-order valence-electron chi connectivity index (χ0n) is 7.19. The van der Waals surface area contributed by atoms with E-state index in [-0.39, 0.29) is 11.2 Å². The summed E-state index contributed by atoms with van der Waals surface area (Å²) in [5.74, 6) is -2.10. The van der Waals surface area contributed by atoms with Gasteiger partial charge in [-0.3, -0.25) is 0 Å². The number of nitrogens with two attached hydrogens (primary N) is 1. The van der Waals surface area contributed by atoms with E-state index in [9.17, 15) is 17.6 Å². The highest BCUT2D eigenvalue weighted by Crippen LogP contribution is 2.30. The Labute approximate surface area is 80.9 Å². The molecule has 0 radical (unpaired) electrons. The van der Waals surface area contributed by atoms with Gasteiger partial charge in [0.05, 0.1) is 11.2 Å². The first kappa shape index (κ1) is 9.75. The number of hydrogen-bond donors (Lipinski definition) is 2. The lowest BCUT2D eigenvalue weighted by Crippen LogP contribution is -2.06. The van der Waals surface area contributed by atoms with Gasteiger partial charge in [0, 0.05) is 0 Å². The van der Waals surface area contributed by atoms with Crippen LogP contribution in [0.2, 0.25) is 0 Å². The van der Waals surface area contributed by atoms with Gasteiger partial charge in [0.25, 0.3) is 0 Å². The number of benzene rings is 1. The number of nitrogen functional groups attached to an aromatic ring is 1. The minimum absolute atomic E-state index is 0.0226. The molecular formula is C8H5F4N3. The SMILES string of the molecule is Nc1ccc(F)c2nc(C(F)(F)F)[nH]c12. The van der Waals surface area contributed by atoms with E-state index >= 15 is 0 Å². The zero-order chi connectivity index (χ0) is 11.2. The summed E-state index contributed by atoms with van der Waals surface area (Å²) in [6.45, 7) is 0. The average Bonchev–Trinajstić information content (AvgIpc) is 2.56. The fourth-order valence-corrected chi connectivity index (χ4v) is 1.21. The number of halogens is 4. The van der Waals surface area contributed by atoms with E-state index in [2.05, 4.69) is 4.98 Å². The number of anilines is 1. The summed E-state index contributed by atoms with van der Waals surface area (Å²) >= 11 is 0. The van der Waals surface area contributed by atoms with Gasteiger partial charge >= 0.3 is 6.18 Å². The van der Waals surface area contributed by atoms with E-state index in [0.29, 0.717) is 0 Å². The number of H-pyrrole nitrogens is 1. The molecule has 0 aliphatic heterocycles. The van der Waals surface area contributed by atoms with Crippen LogP contribution in [0, 0.1) is 5.82 Å².